The smallest absolute Gasteiger partial charge is 0.255 e. The van der Waals surface area contributed by atoms with E-state index in [-0.39, 0.29) is 5.91 Å². The van der Waals surface area contributed by atoms with Crippen LogP contribution in [0, 0.1) is 0 Å². The number of nitrogens with one attached hydrogen (secondary N) is 1. The van der Waals surface area contributed by atoms with E-state index in [2.05, 4.69) is 17.0 Å². The van der Waals surface area contributed by atoms with Crippen molar-refractivity contribution in [2.45, 2.75) is 12.5 Å². The predicted molar refractivity (Wildman–Crippen MR) is 80.8 cm³/mol. The van der Waals surface area contributed by atoms with Crippen molar-refractivity contribution in [2.24, 2.45) is 7.05 Å². The molecule has 108 valence electrons. The number of rotatable bonds is 6. The van der Waals surface area contributed by atoms with Crippen LogP contribution in [0.5, 0.6) is 0 Å². The van der Waals surface area contributed by atoms with E-state index in [1.54, 1.807) is 24.0 Å². The van der Waals surface area contributed by atoms with Crippen molar-refractivity contribution in [1.29, 1.82) is 0 Å². The number of aryl methyl sites for hydroxylation is 1. The lowest BCUT2D eigenvalue weighted by molar-refractivity contribution is -0.109. The molecule has 0 unspecified atom stereocenters. The molecule has 1 N–H and O–H groups in total. The van der Waals surface area contributed by atoms with Gasteiger partial charge in [0, 0.05) is 18.8 Å². The third-order valence-electron chi connectivity index (χ3n) is 3.02. The van der Waals surface area contributed by atoms with Gasteiger partial charge in [0.25, 0.3) is 5.91 Å². The Morgan fingerprint density at radius 3 is 2.76 bits per heavy atom. The van der Waals surface area contributed by atoms with E-state index in [1.165, 1.54) is 0 Å². The molecule has 1 amide bonds. The van der Waals surface area contributed by atoms with Crippen LogP contribution < -0.4 is 5.32 Å². The van der Waals surface area contributed by atoms with Gasteiger partial charge in [-0.05, 0) is 6.42 Å². The van der Waals surface area contributed by atoms with Gasteiger partial charge in [0.2, 0.25) is 0 Å². The van der Waals surface area contributed by atoms with E-state index in [9.17, 15) is 9.59 Å². The lowest BCUT2D eigenvalue weighted by atomic mass is 10.1. The first kappa shape index (κ1) is 14.7. The molecular formula is C16H17N3O2. The number of nitrogens with zero attached hydrogens (tertiary/aromatic N) is 2. The lowest BCUT2D eigenvalue weighted by Gasteiger charge is -2.10. The lowest BCUT2D eigenvalue weighted by Crippen LogP contribution is -2.35. The highest BCUT2D eigenvalue weighted by Gasteiger charge is 2.19. The van der Waals surface area contributed by atoms with E-state index < -0.39 is 6.04 Å². The summed E-state index contributed by atoms with van der Waals surface area (Å²) in [4.78, 5) is 23.3. The summed E-state index contributed by atoms with van der Waals surface area (Å²) < 4.78 is 1.58. The molecular weight excluding hydrogens is 266 g/mol. The molecule has 0 radical (unpaired) electrons. The normalized spacial score (nSPS) is 11.7. The van der Waals surface area contributed by atoms with Crippen LogP contribution >= 0.6 is 0 Å². The zero-order valence-corrected chi connectivity index (χ0v) is 11.8. The van der Waals surface area contributed by atoms with Crippen molar-refractivity contribution in [3.63, 3.8) is 0 Å². The standard InChI is InChI=1S/C16H17N3O2/c1-3-7-13(11-20)17-16(21)14-10-19(2)18-15(14)12-8-5-4-6-9-12/h3-6,8-11,13H,1,7H2,2H3,(H,17,21)/t13-/m0/s1. The van der Waals surface area contributed by atoms with Crippen LogP contribution in [-0.2, 0) is 11.8 Å². The number of carbonyl (C=O) groups excluding carboxylic acids is 2. The molecule has 1 aromatic heterocycles. The fourth-order valence-electron chi connectivity index (χ4n) is 2.04. The number of aromatic nitrogens is 2. The molecule has 2 rings (SSSR count). The summed E-state index contributed by atoms with van der Waals surface area (Å²) in [7, 11) is 1.75. The number of hydrogen-bond donors (Lipinski definition) is 1. The Morgan fingerprint density at radius 1 is 1.43 bits per heavy atom. The van der Waals surface area contributed by atoms with Gasteiger partial charge in [0.05, 0.1) is 11.6 Å². The van der Waals surface area contributed by atoms with E-state index >= 15 is 0 Å². The first-order chi connectivity index (χ1) is 10.2. The zero-order chi connectivity index (χ0) is 15.2. The summed E-state index contributed by atoms with van der Waals surface area (Å²) >= 11 is 0. The minimum atomic E-state index is -0.571. The van der Waals surface area contributed by atoms with Crippen molar-refractivity contribution in [1.82, 2.24) is 15.1 Å². The first-order valence-corrected chi connectivity index (χ1v) is 6.61. The number of carbonyl (C=O) groups is 2. The second kappa shape index (κ2) is 6.65. The molecule has 0 saturated carbocycles. The molecule has 1 atom stereocenters. The van der Waals surface area contributed by atoms with Crippen molar-refractivity contribution >= 4 is 12.2 Å². The van der Waals surface area contributed by atoms with Crippen LogP contribution in [0.1, 0.15) is 16.8 Å². The molecule has 0 saturated heterocycles. The topological polar surface area (TPSA) is 64.0 Å². The summed E-state index contributed by atoms with van der Waals surface area (Å²) in [6.45, 7) is 3.57. The number of aldehydes is 1. The van der Waals surface area contributed by atoms with Gasteiger partial charge < -0.3 is 10.1 Å². The molecule has 1 aromatic carbocycles. The fourth-order valence-corrected chi connectivity index (χ4v) is 2.04. The van der Waals surface area contributed by atoms with Gasteiger partial charge in [-0.3, -0.25) is 9.48 Å². The maximum Gasteiger partial charge on any atom is 0.255 e. The molecule has 5 heteroatoms. The summed E-state index contributed by atoms with van der Waals surface area (Å²) in [6.07, 6.45) is 4.35. The van der Waals surface area contributed by atoms with Crippen molar-refractivity contribution in [2.75, 3.05) is 0 Å². The summed E-state index contributed by atoms with van der Waals surface area (Å²) in [5.74, 6) is -0.319. The summed E-state index contributed by atoms with van der Waals surface area (Å²) in [6, 6.07) is 8.88. The average Bonchev–Trinajstić information content (AvgIpc) is 2.89. The Balaban J connectivity index is 2.30. The molecule has 0 aliphatic rings. The maximum atomic E-state index is 12.3. The monoisotopic (exact) mass is 283 g/mol. The SMILES string of the molecule is C=CC[C@@H](C=O)NC(=O)c1cn(C)nc1-c1ccccc1. The molecule has 5 nitrogen and oxygen atoms in total. The van der Waals surface area contributed by atoms with E-state index in [0.29, 0.717) is 24.0 Å². The Kier molecular flexibility index (Phi) is 4.66. The highest BCUT2D eigenvalue weighted by Crippen LogP contribution is 2.21. The van der Waals surface area contributed by atoms with E-state index in [1.807, 2.05) is 30.3 Å². The van der Waals surface area contributed by atoms with Gasteiger partial charge in [-0.15, -0.1) is 6.58 Å². The minimum Gasteiger partial charge on any atom is -0.342 e. The zero-order valence-electron chi connectivity index (χ0n) is 11.8. The molecule has 1 heterocycles. The van der Waals surface area contributed by atoms with E-state index in [0.717, 1.165) is 5.56 Å². The molecule has 21 heavy (non-hydrogen) atoms. The van der Waals surface area contributed by atoms with Crippen LogP contribution in [0.15, 0.2) is 49.2 Å². The Labute approximate surface area is 123 Å². The van der Waals surface area contributed by atoms with E-state index in [4.69, 9.17) is 0 Å². The van der Waals surface area contributed by atoms with Crippen LogP contribution in [0.2, 0.25) is 0 Å². The van der Waals surface area contributed by atoms with Crippen LogP contribution in [0.4, 0.5) is 0 Å². The van der Waals surface area contributed by atoms with Gasteiger partial charge in [0.15, 0.2) is 0 Å². The Hall–Kier alpha value is -2.69. The highest BCUT2D eigenvalue weighted by molar-refractivity contribution is 6.00. The third-order valence-corrected chi connectivity index (χ3v) is 3.02. The minimum absolute atomic E-state index is 0.319. The second-order valence-corrected chi connectivity index (χ2v) is 4.67. The van der Waals surface area contributed by atoms with Gasteiger partial charge in [-0.1, -0.05) is 36.4 Å². The predicted octanol–water partition coefficient (Wildman–Crippen LogP) is 1.96. The van der Waals surface area contributed by atoms with Crippen molar-refractivity contribution in [3.8, 4) is 11.3 Å². The Morgan fingerprint density at radius 2 is 2.14 bits per heavy atom. The highest BCUT2D eigenvalue weighted by atomic mass is 16.2. The molecule has 0 bridgehead atoms. The van der Waals surface area contributed by atoms with Crippen LogP contribution in [-0.4, -0.2) is 28.0 Å². The van der Waals surface area contributed by atoms with Crippen LogP contribution in [0.25, 0.3) is 11.3 Å². The Bertz CT molecular complexity index is 647. The number of hydrogen-bond acceptors (Lipinski definition) is 3. The molecule has 0 aliphatic heterocycles. The quantitative estimate of drug-likeness (QED) is 0.651. The van der Waals surface area contributed by atoms with Gasteiger partial charge in [-0.25, -0.2) is 0 Å². The molecule has 0 fully saturated rings. The largest absolute Gasteiger partial charge is 0.342 e. The van der Waals surface area contributed by atoms with Gasteiger partial charge in [-0.2, -0.15) is 5.10 Å². The molecule has 2 aromatic rings. The van der Waals surface area contributed by atoms with Gasteiger partial charge in [0.1, 0.15) is 12.0 Å². The molecule has 0 aliphatic carbocycles. The van der Waals surface area contributed by atoms with Gasteiger partial charge >= 0.3 is 0 Å². The number of benzene rings is 1. The average molecular weight is 283 g/mol. The summed E-state index contributed by atoms with van der Waals surface area (Å²) in [5, 5.41) is 7.00. The summed E-state index contributed by atoms with van der Waals surface area (Å²) in [5.41, 5.74) is 1.90. The molecule has 0 spiro atoms. The second-order valence-electron chi connectivity index (χ2n) is 4.67. The van der Waals surface area contributed by atoms with Crippen molar-refractivity contribution < 1.29 is 9.59 Å². The third kappa shape index (κ3) is 3.45. The fraction of sp³-hybridized carbons (Fsp3) is 0.188. The number of amides is 1. The van der Waals surface area contributed by atoms with Crippen molar-refractivity contribution in [3.05, 3.63) is 54.7 Å². The van der Waals surface area contributed by atoms with Crippen LogP contribution in [0.3, 0.4) is 0 Å². The first-order valence-electron chi connectivity index (χ1n) is 6.61. The maximum absolute atomic E-state index is 12.3.